The number of anilines is 1. The van der Waals surface area contributed by atoms with E-state index in [2.05, 4.69) is 30.8 Å². The zero-order valence-electron chi connectivity index (χ0n) is 25.6. The Labute approximate surface area is 272 Å². The molecule has 2 aliphatic heterocycles. The number of amides is 1. The molecule has 2 fully saturated rings. The van der Waals surface area contributed by atoms with E-state index in [-0.39, 0.29) is 17.2 Å². The van der Waals surface area contributed by atoms with Crippen molar-refractivity contribution in [2.45, 2.75) is 37.9 Å². The molecule has 13 nitrogen and oxygen atoms in total. The maximum atomic E-state index is 13.3. The maximum Gasteiger partial charge on any atom is 0.490 e. The Hall–Kier alpha value is -4.76. The summed E-state index contributed by atoms with van der Waals surface area (Å²) in [5.41, 5.74) is 0.849. The lowest BCUT2D eigenvalue weighted by Gasteiger charge is -2.34. The van der Waals surface area contributed by atoms with Crippen LogP contribution in [0.3, 0.4) is 0 Å². The van der Waals surface area contributed by atoms with Crippen LogP contribution in [0.5, 0.6) is 0 Å². The topological polar surface area (TPSA) is 177 Å². The molecule has 0 unspecified atom stereocenters. The first-order valence-corrected chi connectivity index (χ1v) is 13.7. The van der Waals surface area contributed by atoms with E-state index in [1.807, 2.05) is 32.4 Å². The summed E-state index contributed by atoms with van der Waals surface area (Å²) < 4.78 is 95.2. The molecule has 22 heteroatoms. The Morgan fingerprint density at radius 1 is 0.837 bits per heavy atom. The lowest BCUT2D eigenvalue weighted by molar-refractivity contribution is -0.193. The van der Waals surface area contributed by atoms with Crippen molar-refractivity contribution in [3.8, 4) is 0 Å². The van der Waals surface area contributed by atoms with Gasteiger partial charge in [-0.25, -0.2) is 24.4 Å². The molecule has 4 heterocycles. The number of carbonyl (C=O) groups excluding carboxylic acids is 1. The summed E-state index contributed by atoms with van der Waals surface area (Å²) in [7, 11) is 3.74. The van der Waals surface area contributed by atoms with Crippen molar-refractivity contribution in [1.82, 2.24) is 24.8 Å². The number of likely N-dealkylation sites (tertiary alicyclic amines) is 1. The van der Waals surface area contributed by atoms with E-state index < -0.39 is 36.4 Å². The third-order valence-electron chi connectivity index (χ3n) is 6.79. The van der Waals surface area contributed by atoms with Crippen LogP contribution in [0.15, 0.2) is 43.0 Å². The quantitative estimate of drug-likeness (QED) is 0.392. The van der Waals surface area contributed by atoms with Crippen molar-refractivity contribution in [3.05, 3.63) is 48.5 Å². The first-order chi connectivity index (χ1) is 22.4. The smallest absolute Gasteiger partial charge is 0.475 e. The molecule has 0 aliphatic carbocycles. The Morgan fingerprint density at radius 2 is 1.33 bits per heavy atom. The van der Waals surface area contributed by atoms with Gasteiger partial charge in [-0.3, -0.25) is 14.7 Å². The summed E-state index contributed by atoms with van der Waals surface area (Å²) in [6.07, 6.45) is -6.05. The van der Waals surface area contributed by atoms with Gasteiger partial charge in [0.15, 0.2) is 0 Å². The van der Waals surface area contributed by atoms with Crippen LogP contribution in [-0.2, 0) is 25.7 Å². The minimum atomic E-state index is -5.08. The molecule has 1 amide bonds. The summed E-state index contributed by atoms with van der Waals surface area (Å²) in [5, 5.41) is 21.4. The summed E-state index contributed by atoms with van der Waals surface area (Å²) in [5.74, 6) is -7.06. The number of carboxylic acid groups (broad SMARTS) is 3. The number of aliphatic carboxylic acids is 3. The average molecular weight is 723 g/mol. The number of halogens is 9. The largest absolute Gasteiger partial charge is 0.490 e. The molecule has 3 N–H and O–H groups in total. The molecule has 274 valence electrons. The molecular formula is C27H31F9N6O7. The van der Waals surface area contributed by atoms with E-state index in [9.17, 15) is 44.3 Å². The molecule has 2 saturated heterocycles. The number of nitrogens with zero attached hydrogens (tertiary/aromatic N) is 6. The van der Waals surface area contributed by atoms with Gasteiger partial charge in [-0.05, 0) is 37.1 Å². The second kappa shape index (κ2) is 17.6. The number of carboxylic acids is 3. The molecule has 0 spiro atoms. The van der Waals surface area contributed by atoms with Crippen molar-refractivity contribution in [3.63, 3.8) is 0 Å². The van der Waals surface area contributed by atoms with Gasteiger partial charge in [0.2, 0.25) is 11.9 Å². The van der Waals surface area contributed by atoms with Crippen molar-refractivity contribution >= 4 is 29.8 Å². The SMILES string of the molecule is CN(C)C(=O)[C@]12CCCN(Cc3cccnc3)C[C@H]1CN(c1ncccn1)C2.O=C(O)C(F)(F)F.O=C(O)C(F)(F)F.O=C(O)C(F)(F)F. The Morgan fingerprint density at radius 3 is 1.73 bits per heavy atom. The Bertz CT molecular complexity index is 1320. The lowest BCUT2D eigenvalue weighted by Crippen LogP contribution is -2.47. The van der Waals surface area contributed by atoms with Gasteiger partial charge < -0.3 is 25.1 Å². The molecular weight excluding hydrogens is 691 g/mol. The summed E-state index contributed by atoms with van der Waals surface area (Å²) in [6, 6.07) is 5.93. The van der Waals surface area contributed by atoms with Gasteiger partial charge in [0.1, 0.15) is 0 Å². The minimum Gasteiger partial charge on any atom is -0.475 e. The molecule has 2 atom stereocenters. The van der Waals surface area contributed by atoms with E-state index in [1.165, 1.54) is 5.56 Å². The molecule has 0 radical (unpaired) electrons. The highest BCUT2D eigenvalue weighted by molar-refractivity contribution is 5.84. The summed E-state index contributed by atoms with van der Waals surface area (Å²) >= 11 is 0. The normalized spacial score (nSPS) is 19.2. The van der Waals surface area contributed by atoms with E-state index in [4.69, 9.17) is 29.7 Å². The number of carbonyl (C=O) groups is 4. The van der Waals surface area contributed by atoms with Crippen LogP contribution in [0.1, 0.15) is 18.4 Å². The molecule has 49 heavy (non-hydrogen) atoms. The molecule has 0 bridgehead atoms. The molecule has 2 aliphatic rings. The molecule has 2 aromatic rings. The van der Waals surface area contributed by atoms with Crippen LogP contribution in [0, 0.1) is 11.3 Å². The van der Waals surface area contributed by atoms with Crippen molar-refractivity contribution in [2.24, 2.45) is 11.3 Å². The van der Waals surface area contributed by atoms with Crippen molar-refractivity contribution in [2.75, 3.05) is 45.2 Å². The summed E-state index contributed by atoms with van der Waals surface area (Å²) in [4.78, 5) is 59.6. The lowest BCUT2D eigenvalue weighted by atomic mass is 9.74. The van der Waals surface area contributed by atoms with E-state index in [0.717, 1.165) is 45.0 Å². The van der Waals surface area contributed by atoms with Gasteiger partial charge in [-0.1, -0.05) is 6.07 Å². The predicted octanol–water partition coefficient (Wildman–Crippen LogP) is 3.58. The first-order valence-electron chi connectivity index (χ1n) is 13.7. The van der Waals surface area contributed by atoms with Crippen LogP contribution < -0.4 is 4.90 Å². The Balaban J connectivity index is 0.000000467. The van der Waals surface area contributed by atoms with E-state index in [0.29, 0.717) is 6.54 Å². The molecule has 2 aromatic heterocycles. The third kappa shape index (κ3) is 13.7. The zero-order valence-corrected chi connectivity index (χ0v) is 25.6. The molecule has 0 aromatic carbocycles. The maximum absolute atomic E-state index is 13.3. The number of alkyl halides is 9. The second-order valence-electron chi connectivity index (χ2n) is 10.6. The number of rotatable bonds is 4. The van der Waals surface area contributed by atoms with Crippen molar-refractivity contribution in [1.29, 1.82) is 0 Å². The van der Waals surface area contributed by atoms with Crippen LogP contribution in [0.4, 0.5) is 45.5 Å². The number of pyridine rings is 1. The fraction of sp³-hybridized carbons (Fsp3) is 0.519. The second-order valence-corrected chi connectivity index (χ2v) is 10.6. The van der Waals surface area contributed by atoms with Crippen molar-refractivity contribution < 1.29 is 74.0 Å². The van der Waals surface area contributed by atoms with Gasteiger partial charge in [0.25, 0.3) is 0 Å². The van der Waals surface area contributed by atoms with Crippen LogP contribution in [-0.4, -0.2) is 123 Å². The van der Waals surface area contributed by atoms with Gasteiger partial charge in [-0.2, -0.15) is 39.5 Å². The monoisotopic (exact) mass is 722 g/mol. The minimum absolute atomic E-state index is 0.235. The summed E-state index contributed by atoms with van der Waals surface area (Å²) in [6.45, 7) is 4.29. The number of fused-ring (bicyclic) bond motifs is 1. The third-order valence-corrected chi connectivity index (χ3v) is 6.79. The van der Waals surface area contributed by atoms with Crippen LogP contribution in [0.2, 0.25) is 0 Å². The average Bonchev–Trinajstić information content (AvgIpc) is 3.27. The first kappa shape index (κ1) is 42.3. The number of hydrogen-bond donors (Lipinski definition) is 3. The van der Waals surface area contributed by atoms with Gasteiger partial charge in [0, 0.05) is 71.0 Å². The zero-order chi connectivity index (χ0) is 37.8. The number of aromatic nitrogens is 3. The highest BCUT2D eigenvalue weighted by Crippen LogP contribution is 2.44. The highest BCUT2D eigenvalue weighted by Gasteiger charge is 2.54. The van der Waals surface area contributed by atoms with E-state index >= 15 is 0 Å². The molecule has 4 rings (SSSR count). The molecule has 0 saturated carbocycles. The fourth-order valence-electron chi connectivity index (χ4n) is 4.81. The van der Waals surface area contributed by atoms with Crippen LogP contribution in [0.25, 0.3) is 0 Å². The fourth-order valence-corrected chi connectivity index (χ4v) is 4.81. The Kier molecular flexibility index (Phi) is 15.2. The van der Waals surface area contributed by atoms with Gasteiger partial charge in [0.05, 0.1) is 5.41 Å². The van der Waals surface area contributed by atoms with Crippen LogP contribution >= 0.6 is 0 Å². The van der Waals surface area contributed by atoms with Gasteiger partial charge in [-0.15, -0.1) is 0 Å². The van der Waals surface area contributed by atoms with E-state index in [1.54, 1.807) is 23.5 Å². The highest BCUT2D eigenvalue weighted by atomic mass is 19.4. The predicted molar refractivity (Wildman–Crippen MR) is 149 cm³/mol. The van der Waals surface area contributed by atoms with Gasteiger partial charge >= 0.3 is 36.4 Å². The standard InChI is InChI=1S/C21H28N6O.3C2HF3O2/c1-25(2)19(28)21-7-4-11-26(13-17-6-3-8-22-12-17)14-18(21)15-27(16-21)20-23-9-5-10-24-20;3*3-2(4,5)1(6)7/h3,5-6,8-10,12,18H,4,7,11,13-16H2,1-2H3;3*(H,6,7)/t18-,21-;;;/m0.../s1. The number of hydrogen-bond acceptors (Lipinski definition) is 9.